The molecule has 0 aliphatic carbocycles. The lowest BCUT2D eigenvalue weighted by atomic mass is 10.3. The van der Waals surface area contributed by atoms with E-state index in [-0.39, 0.29) is 5.56 Å². The van der Waals surface area contributed by atoms with Gasteiger partial charge in [0.15, 0.2) is 0 Å². The highest BCUT2D eigenvalue weighted by atomic mass is 32.2. The van der Waals surface area contributed by atoms with Crippen LogP contribution in [0.5, 0.6) is 0 Å². The van der Waals surface area contributed by atoms with Gasteiger partial charge in [-0.2, -0.15) is 0 Å². The molecule has 2 aromatic rings. The lowest BCUT2D eigenvalue weighted by molar-refractivity contribution is 0.0953. The van der Waals surface area contributed by atoms with E-state index in [4.69, 9.17) is 10.3 Å². The molecular formula is C12H10F2N2O2S. The molecule has 19 heavy (non-hydrogen) atoms. The molecule has 0 bridgehead atoms. The smallest absolute Gasteiger partial charge is 0.268 e. The number of hydrogen-bond acceptors (Lipinski definition) is 4. The zero-order chi connectivity index (χ0) is 13.8. The monoisotopic (exact) mass is 284 g/mol. The Morgan fingerprint density at radius 2 is 2.16 bits per heavy atom. The Morgan fingerprint density at radius 3 is 2.84 bits per heavy atom. The first kappa shape index (κ1) is 13.6. The van der Waals surface area contributed by atoms with Gasteiger partial charge in [-0.05, 0) is 18.2 Å². The predicted octanol–water partition coefficient (Wildman–Crippen LogP) is 2.45. The van der Waals surface area contributed by atoms with Gasteiger partial charge in [-0.3, -0.25) is 10.2 Å². The van der Waals surface area contributed by atoms with Crippen LogP contribution in [0, 0.1) is 11.6 Å². The number of nitrogens with two attached hydrogens (primary N) is 1. The maximum Gasteiger partial charge on any atom is 0.268 e. The molecule has 0 spiro atoms. The van der Waals surface area contributed by atoms with E-state index in [9.17, 15) is 13.6 Å². The molecule has 100 valence electrons. The second-order valence-corrected chi connectivity index (χ2v) is 4.66. The fourth-order valence-corrected chi connectivity index (χ4v) is 2.21. The molecule has 7 heteroatoms. The maximum absolute atomic E-state index is 13.4. The summed E-state index contributed by atoms with van der Waals surface area (Å²) in [4.78, 5) is 11.5. The van der Waals surface area contributed by atoms with Crippen LogP contribution in [0.4, 0.5) is 8.78 Å². The van der Waals surface area contributed by atoms with Crippen LogP contribution in [0.15, 0.2) is 39.8 Å². The molecule has 0 saturated heterocycles. The molecule has 1 amide bonds. The summed E-state index contributed by atoms with van der Waals surface area (Å²) in [6.07, 6.45) is 1.26. The predicted molar refractivity (Wildman–Crippen MR) is 66.3 cm³/mol. The fraction of sp³-hybridized carbons (Fsp3) is 0.0833. The third-order valence-electron chi connectivity index (χ3n) is 2.31. The number of carbonyl (C=O) groups excluding carboxylic acids is 1. The molecule has 1 heterocycles. The number of rotatable bonds is 4. The average molecular weight is 284 g/mol. The third-order valence-corrected chi connectivity index (χ3v) is 3.38. The van der Waals surface area contributed by atoms with Gasteiger partial charge >= 0.3 is 0 Å². The van der Waals surface area contributed by atoms with Gasteiger partial charge in [-0.1, -0.05) is 0 Å². The number of hydrogen-bond donors (Lipinski definition) is 2. The van der Waals surface area contributed by atoms with E-state index in [1.54, 1.807) is 0 Å². The van der Waals surface area contributed by atoms with Crippen molar-refractivity contribution in [3.8, 4) is 0 Å². The zero-order valence-corrected chi connectivity index (χ0v) is 10.5. The van der Waals surface area contributed by atoms with Crippen molar-refractivity contribution in [1.29, 1.82) is 0 Å². The van der Waals surface area contributed by atoms with Crippen molar-refractivity contribution in [2.45, 2.75) is 10.6 Å². The first-order chi connectivity index (χ1) is 9.10. The fourth-order valence-electron chi connectivity index (χ4n) is 1.40. The Bertz CT molecular complexity index is 601. The van der Waals surface area contributed by atoms with Crippen molar-refractivity contribution in [2.75, 3.05) is 0 Å². The molecule has 4 nitrogen and oxygen atoms in total. The molecule has 0 radical (unpaired) electrons. The molecule has 1 aromatic heterocycles. The summed E-state index contributed by atoms with van der Waals surface area (Å²) in [5.74, 6) is 4.08. The lowest BCUT2D eigenvalue weighted by Crippen LogP contribution is -2.29. The number of amides is 1. The van der Waals surface area contributed by atoms with Crippen molar-refractivity contribution in [1.82, 2.24) is 5.43 Å². The van der Waals surface area contributed by atoms with E-state index in [1.807, 2.05) is 5.43 Å². The number of benzene rings is 1. The number of nitrogen functional groups attached to an aromatic ring is 1. The van der Waals surface area contributed by atoms with Gasteiger partial charge in [-0.25, -0.2) is 14.6 Å². The minimum Gasteiger partial charge on any atom is -0.468 e. The van der Waals surface area contributed by atoms with E-state index >= 15 is 0 Å². The largest absolute Gasteiger partial charge is 0.468 e. The molecule has 0 unspecified atom stereocenters. The van der Waals surface area contributed by atoms with E-state index in [0.29, 0.717) is 16.4 Å². The first-order valence-corrected chi connectivity index (χ1v) is 6.25. The molecule has 0 aliphatic heterocycles. The first-order valence-electron chi connectivity index (χ1n) is 5.26. The summed E-state index contributed by atoms with van der Waals surface area (Å²) in [5, 5.41) is 0. The van der Waals surface area contributed by atoms with Crippen molar-refractivity contribution < 1.29 is 18.0 Å². The highest BCUT2D eigenvalue weighted by Crippen LogP contribution is 2.26. The van der Waals surface area contributed by atoms with Gasteiger partial charge < -0.3 is 4.42 Å². The number of furan rings is 1. The minimum absolute atomic E-state index is 0.290. The summed E-state index contributed by atoms with van der Waals surface area (Å²) in [5.41, 5.74) is 2.27. The quantitative estimate of drug-likeness (QED) is 0.392. The van der Waals surface area contributed by atoms with Crippen molar-refractivity contribution in [3.05, 3.63) is 53.5 Å². The average Bonchev–Trinajstić information content (AvgIpc) is 2.85. The standard InChI is InChI=1S/C12H10F2N2O2S/c13-8-1-2-11(10(14)4-8)19-6-9-3-7(5-18-9)12(17)16-15/h1-5H,6,15H2,(H,16,17). The number of thioether (sulfide) groups is 1. The van der Waals surface area contributed by atoms with E-state index in [0.717, 1.165) is 17.8 Å². The van der Waals surface area contributed by atoms with E-state index in [2.05, 4.69) is 0 Å². The zero-order valence-electron chi connectivity index (χ0n) is 9.65. The van der Waals surface area contributed by atoms with Crippen molar-refractivity contribution in [3.63, 3.8) is 0 Å². The Morgan fingerprint density at radius 1 is 1.37 bits per heavy atom. The molecule has 1 aromatic carbocycles. The van der Waals surface area contributed by atoms with E-state index < -0.39 is 17.5 Å². The maximum atomic E-state index is 13.4. The summed E-state index contributed by atoms with van der Waals surface area (Å²) >= 11 is 1.14. The van der Waals surface area contributed by atoms with Gasteiger partial charge in [0.2, 0.25) is 0 Å². The third kappa shape index (κ3) is 3.33. The van der Waals surface area contributed by atoms with Crippen LogP contribution in [0.2, 0.25) is 0 Å². The molecule has 0 aliphatic rings. The van der Waals surface area contributed by atoms with Gasteiger partial charge in [-0.15, -0.1) is 11.8 Å². The highest BCUT2D eigenvalue weighted by molar-refractivity contribution is 7.98. The molecule has 0 fully saturated rings. The summed E-state index contributed by atoms with van der Waals surface area (Å²) in [6, 6.07) is 4.86. The van der Waals surface area contributed by atoms with Crippen molar-refractivity contribution in [2.24, 2.45) is 5.84 Å². The molecule has 2 rings (SSSR count). The SMILES string of the molecule is NNC(=O)c1coc(CSc2ccc(F)cc2F)c1. The Balaban J connectivity index is 2.02. The van der Waals surface area contributed by atoms with Crippen LogP contribution < -0.4 is 11.3 Å². The number of halogens is 2. The normalized spacial score (nSPS) is 10.5. The Hall–Kier alpha value is -1.86. The van der Waals surface area contributed by atoms with Crippen LogP contribution in [0.25, 0.3) is 0 Å². The topological polar surface area (TPSA) is 68.3 Å². The Kier molecular flexibility index (Phi) is 4.18. The van der Waals surface area contributed by atoms with Gasteiger partial charge in [0.1, 0.15) is 23.7 Å². The molecular weight excluding hydrogens is 274 g/mol. The summed E-state index contributed by atoms with van der Waals surface area (Å²) < 4.78 is 31.2. The lowest BCUT2D eigenvalue weighted by Gasteiger charge is -2.01. The van der Waals surface area contributed by atoms with Gasteiger partial charge in [0.25, 0.3) is 5.91 Å². The molecule has 0 atom stereocenters. The van der Waals surface area contributed by atoms with Crippen LogP contribution in [-0.2, 0) is 5.75 Å². The van der Waals surface area contributed by atoms with Crippen molar-refractivity contribution >= 4 is 17.7 Å². The summed E-state index contributed by atoms with van der Waals surface area (Å²) in [6.45, 7) is 0. The molecule has 3 N–H and O–H groups in total. The van der Waals surface area contributed by atoms with Crippen LogP contribution in [0.1, 0.15) is 16.1 Å². The second kappa shape index (κ2) is 5.85. The highest BCUT2D eigenvalue weighted by Gasteiger charge is 2.10. The minimum atomic E-state index is -0.628. The van der Waals surface area contributed by atoms with Gasteiger partial charge in [0.05, 0.1) is 11.3 Å². The van der Waals surface area contributed by atoms with E-state index in [1.165, 1.54) is 24.5 Å². The Labute approximate surface area is 111 Å². The van der Waals surface area contributed by atoms with Gasteiger partial charge in [0, 0.05) is 11.0 Å². The van der Waals surface area contributed by atoms with Crippen LogP contribution in [0.3, 0.4) is 0 Å². The number of nitrogens with one attached hydrogen (secondary N) is 1. The van der Waals surface area contributed by atoms with Crippen LogP contribution in [-0.4, -0.2) is 5.91 Å². The second-order valence-electron chi connectivity index (χ2n) is 3.64. The number of carbonyl (C=O) groups is 1. The van der Waals surface area contributed by atoms with Crippen LogP contribution >= 0.6 is 11.8 Å². The number of hydrazine groups is 1. The molecule has 0 saturated carbocycles. The summed E-state index contributed by atoms with van der Waals surface area (Å²) in [7, 11) is 0.